The summed E-state index contributed by atoms with van der Waals surface area (Å²) in [4.78, 5) is 15.6. The normalized spacial score (nSPS) is 16.8. The van der Waals surface area contributed by atoms with Crippen molar-refractivity contribution >= 4 is 27.7 Å². The number of hydrogen-bond acceptors (Lipinski definition) is 6. The van der Waals surface area contributed by atoms with Crippen LogP contribution in [0.4, 0.5) is 0 Å². The first kappa shape index (κ1) is 25.7. The summed E-state index contributed by atoms with van der Waals surface area (Å²) in [5.74, 6) is 0.356. The van der Waals surface area contributed by atoms with Crippen molar-refractivity contribution in [2.45, 2.75) is 30.3 Å². The fourth-order valence-corrected chi connectivity index (χ4v) is 5.50. The highest BCUT2D eigenvalue weighted by molar-refractivity contribution is 7.98. The molecular formula is C24H33N3O4S2. The lowest BCUT2D eigenvalue weighted by molar-refractivity contribution is -0.123. The Balaban J connectivity index is 1.71. The van der Waals surface area contributed by atoms with E-state index in [2.05, 4.69) is 27.1 Å². The van der Waals surface area contributed by atoms with Gasteiger partial charge in [0, 0.05) is 19.6 Å². The number of hydrogen-bond donors (Lipinski definition) is 2. The van der Waals surface area contributed by atoms with E-state index in [-0.39, 0.29) is 16.8 Å². The molecule has 1 aliphatic rings. The number of ether oxygens (including phenoxy) is 1. The van der Waals surface area contributed by atoms with E-state index in [9.17, 15) is 13.2 Å². The molecule has 0 aromatic heterocycles. The van der Waals surface area contributed by atoms with Crippen molar-refractivity contribution in [2.24, 2.45) is 0 Å². The highest BCUT2D eigenvalue weighted by Crippen LogP contribution is 2.21. The van der Waals surface area contributed by atoms with Gasteiger partial charge >= 0.3 is 0 Å². The van der Waals surface area contributed by atoms with E-state index in [1.807, 2.05) is 31.4 Å². The Hall–Kier alpha value is -1.91. The van der Waals surface area contributed by atoms with E-state index in [0.29, 0.717) is 31.9 Å². The van der Waals surface area contributed by atoms with Crippen molar-refractivity contribution in [3.05, 3.63) is 65.7 Å². The molecule has 0 radical (unpaired) electrons. The predicted molar refractivity (Wildman–Crippen MR) is 133 cm³/mol. The molecule has 2 N–H and O–H groups in total. The molecule has 0 spiro atoms. The fourth-order valence-electron chi connectivity index (χ4n) is 3.79. The van der Waals surface area contributed by atoms with Gasteiger partial charge in [0.25, 0.3) is 0 Å². The molecule has 33 heavy (non-hydrogen) atoms. The van der Waals surface area contributed by atoms with E-state index in [0.717, 1.165) is 24.2 Å². The minimum absolute atomic E-state index is 0.00560. The quantitative estimate of drug-likeness (QED) is 0.502. The molecule has 180 valence electrons. The van der Waals surface area contributed by atoms with Gasteiger partial charge in [-0.05, 0) is 43.0 Å². The molecule has 2 atom stereocenters. The third-order valence-corrected chi connectivity index (χ3v) is 7.83. The lowest BCUT2D eigenvalue weighted by atomic mass is 10.0. The van der Waals surface area contributed by atoms with Crippen LogP contribution in [0.5, 0.6) is 0 Å². The van der Waals surface area contributed by atoms with Crippen LogP contribution < -0.4 is 10.0 Å². The number of rotatable bonds is 11. The molecule has 1 aliphatic heterocycles. The smallest absolute Gasteiger partial charge is 0.241 e. The average molecular weight is 492 g/mol. The maximum atomic E-state index is 13.1. The summed E-state index contributed by atoms with van der Waals surface area (Å²) in [5, 5.41) is 3.01. The number of benzene rings is 2. The number of nitrogens with one attached hydrogen (secondary N) is 2. The molecule has 2 aromatic carbocycles. The standard InChI is InChI=1S/C24H33N3O4S2/c1-19-8-10-21(11-9-19)33(29,30)26-22(12-17-32-2)24(28)25-18-23(20-6-4-3-5-7-20)27-13-15-31-16-14-27/h3-11,22-23,26H,12-18H2,1-2H3,(H,25,28). The second kappa shape index (κ2) is 12.5. The zero-order valence-corrected chi connectivity index (χ0v) is 20.8. The Morgan fingerprint density at radius 1 is 1.09 bits per heavy atom. The van der Waals surface area contributed by atoms with Crippen LogP contribution in [0, 0.1) is 6.92 Å². The number of thioether (sulfide) groups is 1. The topological polar surface area (TPSA) is 87.7 Å². The molecule has 1 amide bonds. The Labute approximate surface area is 201 Å². The zero-order valence-electron chi connectivity index (χ0n) is 19.2. The SMILES string of the molecule is CSCCC(NS(=O)(=O)c1ccc(C)cc1)C(=O)NCC(c1ccccc1)N1CCOCC1. The molecular weight excluding hydrogens is 458 g/mol. The number of sulfonamides is 1. The van der Waals surface area contributed by atoms with Crippen molar-refractivity contribution in [2.75, 3.05) is 44.9 Å². The van der Waals surface area contributed by atoms with E-state index >= 15 is 0 Å². The van der Waals surface area contributed by atoms with E-state index < -0.39 is 16.1 Å². The first-order chi connectivity index (χ1) is 15.9. The molecule has 2 aromatic rings. The second-order valence-electron chi connectivity index (χ2n) is 8.09. The summed E-state index contributed by atoms with van der Waals surface area (Å²) < 4.78 is 33.9. The number of morpholine rings is 1. The summed E-state index contributed by atoms with van der Waals surface area (Å²) >= 11 is 1.58. The summed E-state index contributed by atoms with van der Waals surface area (Å²) in [6.07, 6.45) is 2.35. The first-order valence-electron chi connectivity index (χ1n) is 11.1. The highest BCUT2D eigenvalue weighted by Gasteiger charge is 2.28. The summed E-state index contributed by atoms with van der Waals surface area (Å²) in [6.45, 7) is 5.17. The largest absolute Gasteiger partial charge is 0.379 e. The van der Waals surface area contributed by atoms with Gasteiger partial charge in [-0.1, -0.05) is 48.0 Å². The van der Waals surface area contributed by atoms with Gasteiger partial charge in [0.2, 0.25) is 15.9 Å². The van der Waals surface area contributed by atoms with Gasteiger partial charge in [-0.2, -0.15) is 16.5 Å². The Morgan fingerprint density at radius 2 is 1.76 bits per heavy atom. The summed E-state index contributed by atoms with van der Waals surface area (Å²) in [6, 6.07) is 15.8. The van der Waals surface area contributed by atoms with Gasteiger partial charge in [0.15, 0.2) is 0 Å². The van der Waals surface area contributed by atoms with Crippen LogP contribution in [0.15, 0.2) is 59.5 Å². The van der Waals surface area contributed by atoms with Crippen LogP contribution in [-0.4, -0.2) is 70.1 Å². The first-order valence-corrected chi connectivity index (χ1v) is 14.0. The third-order valence-electron chi connectivity index (χ3n) is 5.70. The van der Waals surface area contributed by atoms with Gasteiger partial charge in [-0.15, -0.1) is 0 Å². The Morgan fingerprint density at radius 3 is 2.39 bits per heavy atom. The Kier molecular flexibility index (Phi) is 9.76. The molecule has 1 saturated heterocycles. The monoisotopic (exact) mass is 491 g/mol. The van der Waals surface area contributed by atoms with Crippen LogP contribution in [0.2, 0.25) is 0 Å². The molecule has 7 nitrogen and oxygen atoms in total. The van der Waals surface area contributed by atoms with Gasteiger partial charge in [0.05, 0.1) is 24.2 Å². The van der Waals surface area contributed by atoms with Crippen LogP contribution >= 0.6 is 11.8 Å². The van der Waals surface area contributed by atoms with Crippen molar-refractivity contribution in [1.29, 1.82) is 0 Å². The van der Waals surface area contributed by atoms with Gasteiger partial charge in [0.1, 0.15) is 6.04 Å². The number of aryl methyl sites for hydroxylation is 1. The summed E-state index contributed by atoms with van der Waals surface area (Å²) in [7, 11) is -3.81. The molecule has 1 heterocycles. The number of carbonyl (C=O) groups excluding carboxylic acids is 1. The van der Waals surface area contributed by atoms with Crippen LogP contribution in [0.3, 0.4) is 0 Å². The molecule has 2 unspecified atom stereocenters. The number of nitrogens with zero attached hydrogens (tertiary/aromatic N) is 1. The van der Waals surface area contributed by atoms with Crippen molar-refractivity contribution < 1.29 is 17.9 Å². The molecule has 1 fully saturated rings. The average Bonchev–Trinajstić information content (AvgIpc) is 2.83. The number of amides is 1. The maximum absolute atomic E-state index is 13.1. The molecule has 0 bridgehead atoms. The van der Waals surface area contributed by atoms with Crippen molar-refractivity contribution in [3.8, 4) is 0 Å². The lowest BCUT2D eigenvalue weighted by Gasteiger charge is -2.35. The van der Waals surface area contributed by atoms with Crippen LogP contribution in [0.1, 0.15) is 23.6 Å². The minimum atomic E-state index is -3.81. The maximum Gasteiger partial charge on any atom is 0.241 e. The van der Waals surface area contributed by atoms with E-state index in [1.165, 1.54) is 0 Å². The molecule has 9 heteroatoms. The Bertz CT molecular complexity index is 979. The highest BCUT2D eigenvalue weighted by atomic mass is 32.2. The molecule has 0 aliphatic carbocycles. The van der Waals surface area contributed by atoms with Crippen LogP contribution in [-0.2, 0) is 19.6 Å². The fraction of sp³-hybridized carbons (Fsp3) is 0.458. The lowest BCUT2D eigenvalue weighted by Crippen LogP contribution is -2.50. The third kappa shape index (κ3) is 7.55. The predicted octanol–water partition coefficient (Wildman–Crippen LogP) is 2.58. The second-order valence-corrected chi connectivity index (χ2v) is 10.8. The van der Waals surface area contributed by atoms with Crippen LogP contribution in [0.25, 0.3) is 0 Å². The van der Waals surface area contributed by atoms with Gasteiger partial charge in [-0.25, -0.2) is 8.42 Å². The zero-order chi connectivity index (χ0) is 23.7. The number of carbonyl (C=O) groups is 1. The summed E-state index contributed by atoms with van der Waals surface area (Å²) in [5.41, 5.74) is 2.08. The van der Waals surface area contributed by atoms with Gasteiger partial charge < -0.3 is 10.1 Å². The van der Waals surface area contributed by atoms with Crippen molar-refractivity contribution in [3.63, 3.8) is 0 Å². The van der Waals surface area contributed by atoms with Crippen molar-refractivity contribution in [1.82, 2.24) is 14.9 Å². The minimum Gasteiger partial charge on any atom is -0.379 e. The molecule has 0 saturated carbocycles. The van der Waals surface area contributed by atoms with E-state index in [1.54, 1.807) is 36.0 Å². The van der Waals surface area contributed by atoms with Gasteiger partial charge in [-0.3, -0.25) is 9.69 Å². The van der Waals surface area contributed by atoms with E-state index in [4.69, 9.17) is 4.74 Å². The molecule has 3 rings (SSSR count).